The highest BCUT2D eigenvalue weighted by Crippen LogP contribution is 2.26. The van der Waals surface area contributed by atoms with Gasteiger partial charge in [-0.25, -0.2) is 0 Å². The van der Waals surface area contributed by atoms with Crippen molar-refractivity contribution >= 4 is 5.91 Å². The Morgan fingerprint density at radius 3 is 2.45 bits per heavy atom. The van der Waals surface area contributed by atoms with Crippen molar-refractivity contribution in [3.63, 3.8) is 0 Å². The molecule has 1 unspecified atom stereocenters. The number of amides is 1. The van der Waals surface area contributed by atoms with Gasteiger partial charge >= 0.3 is 0 Å². The average Bonchev–Trinajstić information content (AvgIpc) is 2.81. The summed E-state index contributed by atoms with van der Waals surface area (Å²) in [6.07, 6.45) is 4.71. The van der Waals surface area contributed by atoms with Crippen molar-refractivity contribution in [1.29, 1.82) is 0 Å². The number of nitrogens with zero attached hydrogens (tertiary/aromatic N) is 1. The minimum absolute atomic E-state index is 0.115. The quantitative estimate of drug-likeness (QED) is 0.814. The molecule has 1 fully saturated rings. The number of ether oxygens (including phenoxy) is 1. The SMILES string of the molecule is CC(C)C(C)c1cccc(OCC(=O)N2CCCCCC2)c1. The van der Waals surface area contributed by atoms with Crippen LogP contribution >= 0.6 is 0 Å². The van der Waals surface area contributed by atoms with Crippen molar-refractivity contribution < 1.29 is 9.53 Å². The molecule has 2 rings (SSSR count). The zero-order chi connectivity index (χ0) is 15.9. The molecular weight excluding hydrogens is 274 g/mol. The van der Waals surface area contributed by atoms with Gasteiger partial charge in [-0.2, -0.15) is 0 Å². The van der Waals surface area contributed by atoms with Crippen molar-refractivity contribution in [2.75, 3.05) is 19.7 Å². The van der Waals surface area contributed by atoms with Crippen LogP contribution in [0.3, 0.4) is 0 Å². The molecule has 3 heteroatoms. The summed E-state index contributed by atoms with van der Waals surface area (Å²) in [6.45, 7) is 8.59. The lowest BCUT2D eigenvalue weighted by Gasteiger charge is -2.21. The first-order valence-corrected chi connectivity index (χ1v) is 8.58. The van der Waals surface area contributed by atoms with E-state index in [1.54, 1.807) is 0 Å². The van der Waals surface area contributed by atoms with Gasteiger partial charge in [0.15, 0.2) is 6.61 Å². The van der Waals surface area contributed by atoms with E-state index in [1.807, 2.05) is 17.0 Å². The number of benzene rings is 1. The van der Waals surface area contributed by atoms with Gasteiger partial charge in [-0.15, -0.1) is 0 Å². The van der Waals surface area contributed by atoms with E-state index in [2.05, 4.69) is 32.9 Å². The van der Waals surface area contributed by atoms with Gasteiger partial charge in [0.25, 0.3) is 5.91 Å². The van der Waals surface area contributed by atoms with Crippen molar-refractivity contribution in [1.82, 2.24) is 4.90 Å². The fraction of sp³-hybridized carbons (Fsp3) is 0.632. The Morgan fingerprint density at radius 2 is 1.82 bits per heavy atom. The molecule has 0 bridgehead atoms. The molecule has 0 saturated carbocycles. The largest absolute Gasteiger partial charge is 0.484 e. The molecule has 1 aliphatic rings. The fourth-order valence-corrected chi connectivity index (χ4v) is 2.83. The van der Waals surface area contributed by atoms with Crippen LogP contribution in [0.25, 0.3) is 0 Å². The summed E-state index contributed by atoms with van der Waals surface area (Å²) in [5.41, 5.74) is 1.27. The highest BCUT2D eigenvalue weighted by atomic mass is 16.5. The smallest absolute Gasteiger partial charge is 0.260 e. The molecule has 0 aliphatic carbocycles. The maximum Gasteiger partial charge on any atom is 0.260 e. The Kier molecular flexibility index (Phi) is 6.29. The molecule has 1 aliphatic heterocycles. The molecular formula is C19H29NO2. The topological polar surface area (TPSA) is 29.5 Å². The Bertz CT molecular complexity index is 476. The number of carbonyl (C=O) groups is 1. The third kappa shape index (κ3) is 4.75. The van der Waals surface area contributed by atoms with Crippen LogP contribution < -0.4 is 4.74 Å². The van der Waals surface area contributed by atoms with Gasteiger partial charge < -0.3 is 9.64 Å². The molecule has 1 aromatic carbocycles. The highest BCUT2D eigenvalue weighted by molar-refractivity contribution is 5.77. The number of hydrogen-bond donors (Lipinski definition) is 0. The summed E-state index contributed by atoms with van der Waals surface area (Å²) in [7, 11) is 0. The van der Waals surface area contributed by atoms with Crippen LogP contribution in [-0.4, -0.2) is 30.5 Å². The normalized spacial score (nSPS) is 17.2. The van der Waals surface area contributed by atoms with E-state index >= 15 is 0 Å². The molecule has 1 heterocycles. The lowest BCUT2D eigenvalue weighted by Crippen LogP contribution is -2.35. The number of likely N-dealkylation sites (tertiary alicyclic amines) is 1. The van der Waals surface area contributed by atoms with Crippen LogP contribution in [0.2, 0.25) is 0 Å². The summed E-state index contributed by atoms with van der Waals surface area (Å²) in [4.78, 5) is 14.2. The summed E-state index contributed by atoms with van der Waals surface area (Å²) < 4.78 is 5.74. The van der Waals surface area contributed by atoms with E-state index in [9.17, 15) is 4.79 Å². The van der Waals surface area contributed by atoms with E-state index < -0.39 is 0 Å². The molecule has 3 nitrogen and oxygen atoms in total. The zero-order valence-electron chi connectivity index (χ0n) is 14.2. The van der Waals surface area contributed by atoms with Crippen LogP contribution in [0.5, 0.6) is 5.75 Å². The first-order chi connectivity index (χ1) is 10.6. The van der Waals surface area contributed by atoms with Crippen LogP contribution in [0, 0.1) is 5.92 Å². The van der Waals surface area contributed by atoms with Gasteiger partial charge in [0.1, 0.15) is 5.75 Å². The van der Waals surface area contributed by atoms with Gasteiger partial charge in [-0.1, -0.05) is 45.7 Å². The maximum atomic E-state index is 12.3. The number of rotatable bonds is 5. The first-order valence-electron chi connectivity index (χ1n) is 8.58. The second-order valence-electron chi connectivity index (χ2n) is 6.69. The standard InChI is InChI=1S/C19H29NO2/c1-15(2)16(3)17-9-8-10-18(13-17)22-14-19(21)20-11-6-4-5-7-12-20/h8-10,13,15-16H,4-7,11-12,14H2,1-3H3. The number of hydrogen-bond acceptors (Lipinski definition) is 2. The van der Waals surface area contributed by atoms with Crippen molar-refractivity contribution in [2.24, 2.45) is 5.92 Å². The Balaban J connectivity index is 1.90. The van der Waals surface area contributed by atoms with E-state index in [0.29, 0.717) is 11.8 Å². The van der Waals surface area contributed by atoms with Gasteiger partial charge in [0.05, 0.1) is 0 Å². The molecule has 1 atom stereocenters. The molecule has 0 aromatic heterocycles. The second-order valence-corrected chi connectivity index (χ2v) is 6.69. The minimum atomic E-state index is 0.115. The van der Waals surface area contributed by atoms with E-state index in [1.165, 1.54) is 18.4 Å². The van der Waals surface area contributed by atoms with Crippen LogP contribution in [0.1, 0.15) is 57.9 Å². The lowest BCUT2D eigenvalue weighted by atomic mass is 9.90. The summed E-state index contributed by atoms with van der Waals surface area (Å²) in [5, 5.41) is 0. The molecule has 0 spiro atoms. The lowest BCUT2D eigenvalue weighted by molar-refractivity contribution is -0.133. The molecule has 0 radical (unpaired) electrons. The molecule has 1 amide bonds. The fourth-order valence-electron chi connectivity index (χ4n) is 2.83. The first kappa shape index (κ1) is 16.9. The predicted molar refractivity (Wildman–Crippen MR) is 90.2 cm³/mol. The highest BCUT2D eigenvalue weighted by Gasteiger charge is 2.16. The van der Waals surface area contributed by atoms with E-state index in [4.69, 9.17) is 4.74 Å². The van der Waals surface area contributed by atoms with E-state index in [0.717, 1.165) is 31.7 Å². The van der Waals surface area contributed by atoms with Crippen LogP contribution in [-0.2, 0) is 4.79 Å². The Labute approximate surface area is 134 Å². The Hall–Kier alpha value is -1.51. The predicted octanol–water partition coefficient (Wildman–Crippen LogP) is 4.23. The van der Waals surface area contributed by atoms with Crippen LogP contribution in [0.4, 0.5) is 0 Å². The zero-order valence-corrected chi connectivity index (χ0v) is 14.2. The van der Waals surface area contributed by atoms with Crippen molar-refractivity contribution in [3.8, 4) is 5.75 Å². The van der Waals surface area contributed by atoms with Crippen molar-refractivity contribution in [2.45, 2.75) is 52.4 Å². The van der Waals surface area contributed by atoms with E-state index in [-0.39, 0.29) is 12.5 Å². The minimum Gasteiger partial charge on any atom is -0.484 e. The van der Waals surface area contributed by atoms with Gasteiger partial charge in [-0.3, -0.25) is 4.79 Å². The van der Waals surface area contributed by atoms with Gasteiger partial charge in [0.2, 0.25) is 0 Å². The summed E-state index contributed by atoms with van der Waals surface area (Å²) >= 11 is 0. The third-order valence-electron chi connectivity index (χ3n) is 4.70. The Morgan fingerprint density at radius 1 is 1.14 bits per heavy atom. The van der Waals surface area contributed by atoms with Gasteiger partial charge in [-0.05, 0) is 42.4 Å². The average molecular weight is 303 g/mol. The van der Waals surface area contributed by atoms with Crippen molar-refractivity contribution in [3.05, 3.63) is 29.8 Å². The summed E-state index contributed by atoms with van der Waals surface area (Å²) in [5.74, 6) is 2.00. The second kappa shape index (κ2) is 8.21. The molecule has 122 valence electrons. The molecule has 1 saturated heterocycles. The van der Waals surface area contributed by atoms with Gasteiger partial charge in [0, 0.05) is 13.1 Å². The number of carbonyl (C=O) groups excluding carboxylic acids is 1. The molecule has 1 aromatic rings. The maximum absolute atomic E-state index is 12.3. The monoisotopic (exact) mass is 303 g/mol. The molecule has 22 heavy (non-hydrogen) atoms. The summed E-state index contributed by atoms with van der Waals surface area (Å²) in [6, 6.07) is 8.15. The van der Waals surface area contributed by atoms with Crippen LogP contribution in [0.15, 0.2) is 24.3 Å². The third-order valence-corrected chi connectivity index (χ3v) is 4.70. The molecule has 0 N–H and O–H groups in total.